The molecule has 108 valence electrons. The largest absolute Gasteiger partial charge is 0.467 e. The van der Waals surface area contributed by atoms with Crippen molar-refractivity contribution in [3.05, 3.63) is 29.8 Å². The lowest BCUT2D eigenvalue weighted by Gasteiger charge is -2.35. The summed E-state index contributed by atoms with van der Waals surface area (Å²) in [5, 5.41) is 2.85. The molecule has 1 fully saturated rings. The van der Waals surface area contributed by atoms with Crippen LogP contribution < -0.4 is 11.1 Å². The van der Waals surface area contributed by atoms with E-state index in [1.54, 1.807) is 24.3 Å². The first kappa shape index (κ1) is 14.4. The minimum atomic E-state index is -0.910. The lowest BCUT2D eigenvalue weighted by atomic mass is 9.81. The van der Waals surface area contributed by atoms with Gasteiger partial charge in [-0.15, -0.1) is 0 Å². The van der Waals surface area contributed by atoms with Crippen LogP contribution in [0.25, 0.3) is 0 Å². The van der Waals surface area contributed by atoms with Gasteiger partial charge in [0.25, 0.3) is 5.91 Å². The van der Waals surface area contributed by atoms with Crippen molar-refractivity contribution < 1.29 is 14.3 Å². The molecule has 1 saturated carbocycles. The maximum atomic E-state index is 12.4. The van der Waals surface area contributed by atoms with Gasteiger partial charge < -0.3 is 15.8 Å². The van der Waals surface area contributed by atoms with Crippen LogP contribution >= 0.6 is 0 Å². The molecule has 1 aliphatic rings. The number of rotatable bonds is 3. The first-order valence-electron chi connectivity index (χ1n) is 6.84. The topological polar surface area (TPSA) is 81.4 Å². The van der Waals surface area contributed by atoms with E-state index in [9.17, 15) is 9.59 Å². The molecular formula is C15H20N2O3. The highest BCUT2D eigenvalue weighted by Gasteiger charge is 2.42. The molecule has 0 spiro atoms. The zero-order valence-electron chi connectivity index (χ0n) is 11.6. The fraction of sp³-hybridized carbons (Fsp3) is 0.467. The average Bonchev–Trinajstić information content (AvgIpc) is 2.47. The number of para-hydroxylation sites is 1. The molecule has 5 heteroatoms. The van der Waals surface area contributed by atoms with E-state index in [0.717, 1.165) is 19.3 Å². The molecule has 0 heterocycles. The van der Waals surface area contributed by atoms with Gasteiger partial charge in [-0.25, -0.2) is 4.79 Å². The third-order valence-electron chi connectivity index (χ3n) is 3.84. The maximum Gasteiger partial charge on any atom is 0.331 e. The van der Waals surface area contributed by atoms with Crippen LogP contribution in [0, 0.1) is 0 Å². The number of benzene rings is 1. The summed E-state index contributed by atoms with van der Waals surface area (Å²) in [5.74, 6) is -0.699. The second kappa shape index (κ2) is 5.94. The Bertz CT molecular complexity index is 508. The summed E-state index contributed by atoms with van der Waals surface area (Å²) in [4.78, 5) is 24.4. The minimum absolute atomic E-state index is 0.324. The highest BCUT2D eigenvalue weighted by atomic mass is 16.5. The summed E-state index contributed by atoms with van der Waals surface area (Å²) in [7, 11) is 1.35. The summed E-state index contributed by atoms with van der Waals surface area (Å²) in [6, 6.07) is 6.83. The summed E-state index contributed by atoms with van der Waals surface area (Å²) in [6.45, 7) is 0. The van der Waals surface area contributed by atoms with Gasteiger partial charge in [0.2, 0.25) is 0 Å². The maximum absolute atomic E-state index is 12.4. The number of esters is 1. The van der Waals surface area contributed by atoms with Gasteiger partial charge >= 0.3 is 5.97 Å². The number of hydrogen-bond donors (Lipinski definition) is 2. The van der Waals surface area contributed by atoms with Crippen molar-refractivity contribution >= 4 is 17.6 Å². The van der Waals surface area contributed by atoms with Crippen molar-refractivity contribution in [2.75, 3.05) is 12.8 Å². The van der Waals surface area contributed by atoms with E-state index in [0.29, 0.717) is 24.1 Å². The Morgan fingerprint density at radius 1 is 1.20 bits per heavy atom. The van der Waals surface area contributed by atoms with E-state index >= 15 is 0 Å². The Labute approximate surface area is 118 Å². The van der Waals surface area contributed by atoms with Crippen molar-refractivity contribution in [3.8, 4) is 0 Å². The normalized spacial score (nSPS) is 17.2. The molecular weight excluding hydrogens is 256 g/mol. The molecule has 5 nitrogen and oxygen atoms in total. The number of amides is 1. The van der Waals surface area contributed by atoms with Crippen LogP contribution in [0.1, 0.15) is 42.5 Å². The Morgan fingerprint density at radius 3 is 2.45 bits per heavy atom. The number of nitrogens with two attached hydrogens (primary N) is 1. The number of carbonyl (C=O) groups is 2. The third kappa shape index (κ3) is 2.76. The van der Waals surface area contributed by atoms with Crippen LogP contribution in [0.4, 0.5) is 5.69 Å². The summed E-state index contributed by atoms with van der Waals surface area (Å²) in [5.41, 5.74) is 5.68. The molecule has 0 aliphatic heterocycles. The Balaban J connectivity index is 2.22. The fourth-order valence-corrected chi connectivity index (χ4v) is 2.72. The number of carbonyl (C=O) groups excluding carboxylic acids is 2. The van der Waals surface area contributed by atoms with Gasteiger partial charge in [0.05, 0.1) is 12.7 Å². The monoisotopic (exact) mass is 276 g/mol. The van der Waals surface area contributed by atoms with Crippen LogP contribution in [-0.4, -0.2) is 24.5 Å². The SMILES string of the molecule is COC(=O)C1(NC(=O)c2ccccc2N)CCCCC1. The Kier molecular flexibility index (Phi) is 4.27. The molecule has 0 saturated heterocycles. The molecule has 1 amide bonds. The molecule has 0 atom stereocenters. The van der Waals surface area contributed by atoms with E-state index in [4.69, 9.17) is 10.5 Å². The molecule has 0 bridgehead atoms. The fourth-order valence-electron chi connectivity index (χ4n) is 2.72. The van der Waals surface area contributed by atoms with Gasteiger partial charge in [-0.1, -0.05) is 31.4 Å². The van der Waals surface area contributed by atoms with Crippen molar-refractivity contribution in [2.45, 2.75) is 37.6 Å². The van der Waals surface area contributed by atoms with Gasteiger partial charge in [-0.05, 0) is 25.0 Å². The van der Waals surface area contributed by atoms with E-state index in [-0.39, 0.29) is 11.9 Å². The van der Waals surface area contributed by atoms with Crippen LogP contribution in [0.3, 0.4) is 0 Å². The lowest BCUT2D eigenvalue weighted by Crippen LogP contribution is -2.56. The second-order valence-electron chi connectivity index (χ2n) is 5.18. The average molecular weight is 276 g/mol. The van der Waals surface area contributed by atoms with E-state index in [1.807, 2.05) is 0 Å². The lowest BCUT2D eigenvalue weighted by molar-refractivity contribution is -0.149. The molecule has 20 heavy (non-hydrogen) atoms. The summed E-state index contributed by atoms with van der Waals surface area (Å²) in [6.07, 6.45) is 4.09. The van der Waals surface area contributed by atoms with Gasteiger partial charge in [-0.3, -0.25) is 4.79 Å². The van der Waals surface area contributed by atoms with Crippen molar-refractivity contribution in [2.24, 2.45) is 0 Å². The zero-order chi connectivity index (χ0) is 14.6. The highest BCUT2D eigenvalue weighted by Crippen LogP contribution is 2.30. The molecule has 0 radical (unpaired) electrons. The Hall–Kier alpha value is -2.04. The number of nitrogen functional groups attached to an aromatic ring is 1. The van der Waals surface area contributed by atoms with Gasteiger partial charge in [-0.2, -0.15) is 0 Å². The van der Waals surface area contributed by atoms with Gasteiger partial charge in [0.15, 0.2) is 0 Å². The number of methoxy groups -OCH3 is 1. The first-order valence-corrected chi connectivity index (χ1v) is 6.84. The molecule has 2 rings (SSSR count). The van der Waals surface area contributed by atoms with Crippen molar-refractivity contribution in [1.82, 2.24) is 5.32 Å². The number of ether oxygens (including phenoxy) is 1. The highest BCUT2D eigenvalue weighted by molar-refractivity contribution is 6.01. The Morgan fingerprint density at radius 2 is 1.85 bits per heavy atom. The van der Waals surface area contributed by atoms with Crippen LogP contribution in [0.5, 0.6) is 0 Å². The van der Waals surface area contributed by atoms with Crippen molar-refractivity contribution in [1.29, 1.82) is 0 Å². The zero-order valence-corrected chi connectivity index (χ0v) is 11.6. The van der Waals surface area contributed by atoms with Crippen LogP contribution in [0.15, 0.2) is 24.3 Å². The van der Waals surface area contributed by atoms with E-state index < -0.39 is 5.54 Å². The third-order valence-corrected chi connectivity index (χ3v) is 3.84. The van der Waals surface area contributed by atoms with E-state index in [1.165, 1.54) is 7.11 Å². The van der Waals surface area contributed by atoms with Crippen molar-refractivity contribution in [3.63, 3.8) is 0 Å². The molecule has 1 aromatic carbocycles. The van der Waals surface area contributed by atoms with Crippen LogP contribution in [0.2, 0.25) is 0 Å². The standard InChI is InChI=1S/C15H20N2O3/c1-20-14(19)15(9-5-2-6-10-15)17-13(18)11-7-3-4-8-12(11)16/h3-4,7-8H,2,5-6,9-10,16H2,1H3,(H,17,18). The number of nitrogens with one attached hydrogen (secondary N) is 1. The predicted molar refractivity (Wildman–Crippen MR) is 76.2 cm³/mol. The van der Waals surface area contributed by atoms with Gasteiger partial charge in [0.1, 0.15) is 5.54 Å². The summed E-state index contributed by atoms with van der Waals surface area (Å²) < 4.78 is 4.88. The van der Waals surface area contributed by atoms with E-state index in [2.05, 4.69) is 5.32 Å². The minimum Gasteiger partial charge on any atom is -0.467 e. The number of hydrogen-bond acceptors (Lipinski definition) is 4. The van der Waals surface area contributed by atoms with Gasteiger partial charge in [0, 0.05) is 5.69 Å². The second-order valence-corrected chi connectivity index (χ2v) is 5.18. The first-order chi connectivity index (χ1) is 9.59. The molecule has 3 N–H and O–H groups in total. The molecule has 0 unspecified atom stereocenters. The predicted octanol–water partition coefficient (Wildman–Crippen LogP) is 1.87. The molecule has 1 aromatic rings. The smallest absolute Gasteiger partial charge is 0.331 e. The quantitative estimate of drug-likeness (QED) is 0.652. The summed E-state index contributed by atoms with van der Waals surface area (Å²) >= 11 is 0. The van der Waals surface area contributed by atoms with Crippen LogP contribution in [-0.2, 0) is 9.53 Å². The number of anilines is 1. The molecule has 1 aliphatic carbocycles. The molecule has 0 aromatic heterocycles.